The van der Waals surface area contributed by atoms with Crippen molar-refractivity contribution in [2.24, 2.45) is 16.3 Å². The second kappa shape index (κ2) is 6.04. The highest BCUT2D eigenvalue weighted by molar-refractivity contribution is 6.45. The zero-order valence-electron chi connectivity index (χ0n) is 14.4. The number of ether oxygens (including phenoxy) is 2. The molecule has 5 heteroatoms. The summed E-state index contributed by atoms with van der Waals surface area (Å²) in [5.41, 5.74) is -1.31. The van der Waals surface area contributed by atoms with Crippen molar-refractivity contribution in [1.82, 2.24) is 0 Å². The lowest BCUT2D eigenvalue weighted by molar-refractivity contribution is -0.179. The summed E-state index contributed by atoms with van der Waals surface area (Å²) in [6, 6.07) is 9.59. The fourth-order valence-corrected chi connectivity index (χ4v) is 4.24. The summed E-state index contributed by atoms with van der Waals surface area (Å²) in [5, 5.41) is 0. The Morgan fingerprint density at radius 2 is 1.92 bits per heavy atom. The van der Waals surface area contributed by atoms with Crippen molar-refractivity contribution in [1.29, 1.82) is 0 Å². The second-order valence-corrected chi connectivity index (χ2v) is 6.25. The maximum Gasteiger partial charge on any atom is 0.323 e. The van der Waals surface area contributed by atoms with Crippen molar-refractivity contribution in [3.63, 3.8) is 0 Å². The van der Waals surface area contributed by atoms with E-state index in [4.69, 9.17) is 14.5 Å². The van der Waals surface area contributed by atoms with E-state index >= 15 is 0 Å². The Hall–Kier alpha value is -2.17. The minimum atomic E-state index is -1.28. The Labute approximate surface area is 142 Å². The zero-order valence-corrected chi connectivity index (χ0v) is 14.4. The number of benzene rings is 1. The van der Waals surface area contributed by atoms with Crippen LogP contribution in [0.2, 0.25) is 0 Å². The molecular weight excluding hydrogens is 306 g/mol. The summed E-state index contributed by atoms with van der Waals surface area (Å²) in [7, 11) is 0. The lowest BCUT2D eigenvalue weighted by Gasteiger charge is -2.55. The van der Waals surface area contributed by atoms with Gasteiger partial charge in [0.1, 0.15) is 5.54 Å². The molecule has 128 valence electrons. The summed E-state index contributed by atoms with van der Waals surface area (Å²) in [4.78, 5) is 30.6. The van der Waals surface area contributed by atoms with Gasteiger partial charge in [-0.15, -0.1) is 0 Å². The minimum absolute atomic E-state index is 0.0605. The van der Waals surface area contributed by atoms with Crippen molar-refractivity contribution >= 4 is 17.7 Å². The first-order chi connectivity index (χ1) is 11.6. The standard InChI is InChI=1S/C19H23NO4/c1-4-13-12-18(17(22)24-6-3)15(21)16(23-5-2)20-19(13,18)14-10-8-7-9-11-14/h7-11,13H,4-6,12H2,1-3H3/t13-,18-,19+/m1/s1. The summed E-state index contributed by atoms with van der Waals surface area (Å²) in [6.45, 7) is 6.19. The number of rotatable bonds is 5. The van der Waals surface area contributed by atoms with Crippen LogP contribution >= 0.6 is 0 Å². The van der Waals surface area contributed by atoms with E-state index in [9.17, 15) is 9.59 Å². The van der Waals surface area contributed by atoms with Gasteiger partial charge in [0.25, 0.3) is 5.90 Å². The van der Waals surface area contributed by atoms with Gasteiger partial charge in [0, 0.05) is 0 Å². The predicted octanol–water partition coefficient (Wildman–Crippen LogP) is 2.88. The molecule has 0 bridgehead atoms. The Morgan fingerprint density at radius 3 is 2.50 bits per heavy atom. The first-order valence-corrected chi connectivity index (χ1v) is 8.58. The monoisotopic (exact) mass is 329 g/mol. The van der Waals surface area contributed by atoms with Crippen molar-refractivity contribution in [2.45, 2.75) is 39.2 Å². The van der Waals surface area contributed by atoms with Gasteiger partial charge in [-0.05, 0) is 31.7 Å². The molecule has 1 aliphatic carbocycles. The molecule has 1 fully saturated rings. The predicted molar refractivity (Wildman–Crippen MR) is 89.7 cm³/mol. The van der Waals surface area contributed by atoms with Gasteiger partial charge in [-0.3, -0.25) is 9.59 Å². The van der Waals surface area contributed by atoms with E-state index in [0.29, 0.717) is 13.0 Å². The van der Waals surface area contributed by atoms with Crippen molar-refractivity contribution in [3.8, 4) is 0 Å². The summed E-state index contributed by atoms with van der Waals surface area (Å²) < 4.78 is 10.8. The topological polar surface area (TPSA) is 65.0 Å². The SMILES string of the molecule is CCOC(=O)[C@]12C[C@@H](CC)[C@@]1(c1ccccc1)N=C(OCC)C2=O. The largest absolute Gasteiger partial charge is 0.476 e. The van der Waals surface area contributed by atoms with Gasteiger partial charge in [0.2, 0.25) is 5.78 Å². The smallest absolute Gasteiger partial charge is 0.323 e. The summed E-state index contributed by atoms with van der Waals surface area (Å²) >= 11 is 0. The highest BCUT2D eigenvalue weighted by Crippen LogP contribution is 2.67. The van der Waals surface area contributed by atoms with Crippen LogP contribution in [0.15, 0.2) is 35.3 Å². The molecule has 24 heavy (non-hydrogen) atoms. The molecule has 2 aliphatic rings. The van der Waals surface area contributed by atoms with Crippen LogP contribution in [0.25, 0.3) is 0 Å². The molecule has 1 heterocycles. The fraction of sp³-hybridized carbons (Fsp3) is 0.526. The number of esters is 1. The quantitative estimate of drug-likeness (QED) is 0.615. The van der Waals surface area contributed by atoms with E-state index in [-0.39, 0.29) is 24.2 Å². The Balaban J connectivity index is 2.20. The first kappa shape index (κ1) is 16.7. The minimum Gasteiger partial charge on any atom is -0.476 e. The molecular formula is C19H23NO4. The maximum absolute atomic E-state index is 13.1. The van der Waals surface area contributed by atoms with Gasteiger partial charge in [0.15, 0.2) is 5.41 Å². The van der Waals surface area contributed by atoms with Crippen LogP contribution in [-0.4, -0.2) is 30.9 Å². The van der Waals surface area contributed by atoms with Crippen molar-refractivity contribution < 1.29 is 19.1 Å². The number of carbonyl (C=O) groups excluding carboxylic acids is 2. The van der Waals surface area contributed by atoms with Crippen LogP contribution in [0.3, 0.4) is 0 Å². The van der Waals surface area contributed by atoms with E-state index in [0.717, 1.165) is 12.0 Å². The molecule has 0 radical (unpaired) electrons. The van der Waals surface area contributed by atoms with E-state index in [2.05, 4.69) is 6.92 Å². The Morgan fingerprint density at radius 1 is 1.21 bits per heavy atom. The molecule has 0 spiro atoms. The van der Waals surface area contributed by atoms with Crippen LogP contribution in [0.1, 0.15) is 39.2 Å². The number of carbonyl (C=O) groups is 2. The number of hydrogen-bond acceptors (Lipinski definition) is 5. The molecule has 0 aromatic heterocycles. The molecule has 3 atom stereocenters. The van der Waals surface area contributed by atoms with Gasteiger partial charge in [-0.2, -0.15) is 0 Å². The van der Waals surface area contributed by atoms with E-state index < -0.39 is 16.9 Å². The van der Waals surface area contributed by atoms with E-state index in [1.807, 2.05) is 30.3 Å². The molecule has 5 nitrogen and oxygen atoms in total. The normalized spacial score (nSPS) is 31.0. The molecule has 1 saturated carbocycles. The average Bonchev–Trinajstić information content (AvgIpc) is 2.76. The number of aliphatic imine (C=N–C) groups is 1. The van der Waals surface area contributed by atoms with Gasteiger partial charge < -0.3 is 9.47 Å². The Bertz CT molecular complexity index is 684. The average molecular weight is 329 g/mol. The Kier molecular flexibility index (Phi) is 4.20. The molecule has 1 aromatic rings. The van der Waals surface area contributed by atoms with Gasteiger partial charge in [-0.1, -0.05) is 43.7 Å². The second-order valence-electron chi connectivity index (χ2n) is 6.25. The maximum atomic E-state index is 13.1. The number of ketones is 1. The molecule has 3 rings (SSSR count). The third kappa shape index (κ3) is 1.90. The summed E-state index contributed by atoms with van der Waals surface area (Å²) in [6.07, 6.45) is 1.28. The highest BCUT2D eigenvalue weighted by atomic mass is 16.5. The molecule has 1 aromatic carbocycles. The number of nitrogens with zero attached hydrogens (tertiary/aromatic N) is 1. The van der Waals surface area contributed by atoms with Gasteiger partial charge >= 0.3 is 5.97 Å². The van der Waals surface area contributed by atoms with Crippen LogP contribution in [0.5, 0.6) is 0 Å². The van der Waals surface area contributed by atoms with Crippen LogP contribution < -0.4 is 0 Å². The third-order valence-electron chi connectivity index (χ3n) is 5.27. The van der Waals surface area contributed by atoms with Gasteiger partial charge in [-0.25, -0.2) is 4.99 Å². The third-order valence-corrected chi connectivity index (χ3v) is 5.27. The van der Waals surface area contributed by atoms with Crippen molar-refractivity contribution in [3.05, 3.63) is 35.9 Å². The molecule has 0 unspecified atom stereocenters. The number of fused-ring (bicyclic) bond motifs is 1. The highest BCUT2D eigenvalue weighted by Gasteiger charge is 2.78. The number of Topliss-reactive ketones (excluding diaryl/α,β-unsaturated/α-hetero) is 1. The summed E-state index contributed by atoms with van der Waals surface area (Å²) in [5.74, 6) is -0.657. The van der Waals surface area contributed by atoms with E-state index in [1.165, 1.54) is 0 Å². The van der Waals surface area contributed by atoms with Gasteiger partial charge in [0.05, 0.1) is 13.2 Å². The lowest BCUT2D eigenvalue weighted by Crippen LogP contribution is -2.65. The number of hydrogen-bond donors (Lipinski definition) is 0. The van der Waals surface area contributed by atoms with E-state index in [1.54, 1.807) is 13.8 Å². The lowest BCUT2D eigenvalue weighted by atomic mass is 9.45. The fourth-order valence-electron chi connectivity index (χ4n) is 4.24. The van der Waals surface area contributed by atoms with Crippen LogP contribution in [0, 0.1) is 11.3 Å². The zero-order chi connectivity index (χ0) is 17.4. The molecule has 0 N–H and O–H groups in total. The molecule has 0 saturated heterocycles. The first-order valence-electron chi connectivity index (χ1n) is 8.58. The molecule has 1 aliphatic heterocycles. The molecule has 0 amide bonds. The van der Waals surface area contributed by atoms with Crippen molar-refractivity contribution in [2.75, 3.05) is 13.2 Å². The van der Waals surface area contributed by atoms with Crippen LogP contribution in [0.4, 0.5) is 0 Å². The van der Waals surface area contributed by atoms with Crippen LogP contribution in [-0.2, 0) is 24.6 Å².